The molecule has 4 aromatic carbocycles. The number of halogens is 1. The van der Waals surface area contributed by atoms with Gasteiger partial charge in [0.1, 0.15) is 28.8 Å². The van der Waals surface area contributed by atoms with Gasteiger partial charge in [-0.25, -0.2) is 9.18 Å². The number of nitrogens with zero attached hydrogens (tertiary/aromatic N) is 1. The van der Waals surface area contributed by atoms with Crippen LogP contribution in [0.25, 0.3) is 21.3 Å². The van der Waals surface area contributed by atoms with E-state index in [-0.39, 0.29) is 19.8 Å². The SMILES string of the molecule is O=c1[nH]c(=O)n([C@@H]2O[C@H](COCc3ccccc3)[C@@H](OCc3ccccc3)[C@H]2OCc2ccccc2)c2c(-c3ccc(F)cc3)csc12. The van der Waals surface area contributed by atoms with E-state index in [2.05, 4.69) is 4.98 Å². The standard InChI is InChI=1S/C38H33FN2O6S/c39-29-18-16-28(17-19-29)30-24-48-35-32(30)41(38(43)40-36(35)42)37-34(46-22-27-14-8-3-9-15-27)33(45-21-26-12-6-2-7-13-26)31(47-37)23-44-20-25-10-4-1-5-11-25/h1-19,24,31,33-34,37H,20-23H2,(H,40,42,43)/t31-,33-,34-,37-/m1/s1. The highest BCUT2D eigenvalue weighted by atomic mass is 32.1. The maximum absolute atomic E-state index is 13.9. The molecule has 10 heteroatoms. The van der Waals surface area contributed by atoms with Crippen molar-refractivity contribution >= 4 is 21.6 Å². The number of rotatable bonds is 12. The van der Waals surface area contributed by atoms with Gasteiger partial charge >= 0.3 is 5.69 Å². The van der Waals surface area contributed by atoms with Gasteiger partial charge in [0, 0.05) is 10.9 Å². The van der Waals surface area contributed by atoms with E-state index in [0.29, 0.717) is 28.0 Å². The van der Waals surface area contributed by atoms with E-state index >= 15 is 0 Å². The Bertz CT molecular complexity index is 2070. The quantitative estimate of drug-likeness (QED) is 0.154. The molecule has 0 radical (unpaired) electrons. The molecule has 6 aromatic rings. The van der Waals surface area contributed by atoms with Crippen molar-refractivity contribution < 1.29 is 23.3 Å². The Morgan fingerprint density at radius 1 is 0.729 bits per heavy atom. The van der Waals surface area contributed by atoms with Crippen molar-refractivity contribution in [1.29, 1.82) is 0 Å². The minimum absolute atomic E-state index is 0.158. The van der Waals surface area contributed by atoms with E-state index in [9.17, 15) is 14.0 Å². The largest absolute Gasteiger partial charge is 0.374 e. The number of nitrogens with one attached hydrogen (secondary N) is 1. The third kappa shape index (κ3) is 6.94. The molecule has 1 aliphatic rings. The zero-order chi connectivity index (χ0) is 32.9. The van der Waals surface area contributed by atoms with Crippen LogP contribution in [0.3, 0.4) is 0 Å². The number of thiophene rings is 1. The third-order valence-corrected chi connectivity index (χ3v) is 9.28. The van der Waals surface area contributed by atoms with Crippen molar-refractivity contribution in [1.82, 2.24) is 9.55 Å². The Morgan fingerprint density at radius 3 is 1.90 bits per heavy atom. The first-order chi connectivity index (χ1) is 23.5. The van der Waals surface area contributed by atoms with E-state index in [4.69, 9.17) is 18.9 Å². The highest BCUT2D eigenvalue weighted by Crippen LogP contribution is 2.39. The first-order valence-corrected chi connectivity index (χ1v) is 16.5. The summed E-state index contributed by atoms with van der Waals surface area (Å²) in [5, 5.41) is 1.79. The number of aromatic nitrogens is 2. The van der Waals surface area contributed by atoms with Gasteiger partial charge in [0.05, 0.1) is 31.9 Å². The first-order valence-electron chi connectivity index (χ1n) is 15.7. The van der Waals surface area contributed by atoms with Crippen molar-refractivity contribution in [2.24, 2.45) is 0 Å². The maximum atomic E-state index is 13.9. The summed E-state index contributed by atoms with van der Waals surface area (Å²) >= 11 is 1.20. The minimum Gasteiger partial charge on any atom is -0.374 e. The molecule has 1 aliphatic heterocycles. The molecule has 0 unspecified atom stereocenters. The highest BCUT2D eigenvalue weighted by Gasteiger charge is 2.48. The molecule has 0 bridgehead atoms. The predicted molar refractivity (Wildman–Crippen MR) is 182 cm³/mol. The summed E-state index contributed by atoms with van der Waals surface area (Å²) < 4.78 is 41.8. The molecular weight excluding hydrogens is 631 g/mol. The Morgan fingerprint density at radius 2 is 1.29 bits per heavy atom. The van der Waals surface area contributed by atoms with Gasteiger partial charge in [-0.3, -0.25) is 14.3 Å². The number of benzene rings is 4. The molecule has 1 saturated heterocycles. The fourth-order valence-corrected chi connectivity index (χ4v) is 6.94. The molecule has 0 spiro atoms. The first kappa shape index (κ1) is 31.9. The summed E-state index contributed by atoms with van der Waals surface area (Å²) in [5.41, 5.74) is 3.38. The summed E-state index contributed by atoms with van der Waals surface area (Å²) in [6, 6.07) is 35.3. The van der Waals surface area contributed by atoms with Gasteiger partial charge in [0.25, 0.3) is 5.56 Å². The molecule has 0 saturated carbocycles. The fraction of sp³-hybridized carbons (Fsp3) is 0.211. The van der Waals surface area contributed by atoms with Crippen LogP contribution >= 0.6 is 11.3 Å². The molecule has 1 fully saturated rings. The lowest BCUT2D eigenvalue weighted by atomic mass is 10.1. The number of H-pyrrole nitrogens is 1. The minimum atomic E-state index is -1.000. The highest BCUT2D eigenvalue weighted by molar-refractivity contribution is 7.17. The molecule has 8 nitrogen and oxygen atoms in total. The fourth-order valence-electron chi connectivity index (χ4n) is 5.97. The molecule has 7 rings (SSSR count). The van der Waals surface area contributed by atoms with Gasteiger partial charge in [0.2, 0.25) is 0 Å². The van der Waals surface area contributed by atoms with Crippen LogP contribution in [0.4, 0.5) is 4.39 Å². The van der Waals surface area contributed by atoms with Crippen LogP contribution in [0.5, 0.6) is 0 Å². The second kappa shape index (κ2) is 14.6. The molecule has 244 valence electrons. The van der Waals surface area contributed by atoms with E-state index in [1.165, 1.54) is 28.0 Å². The Balaban J connectivity index is 1.30. The van der Waals surface area contributed by atoms with Crippen LogP contribution in [0.2, 0.25) is 0 Å². The average Bonchev–Trinajstić information content (AvgIpc) is 3.70. The van der Waals surface area contributed by atoms with Crippen LogP contribution in [0, 0.1) is 5.82 Å². The molecule has 0 amide bonds. The number of hydrogen-bond donors (Lipinski definition) is 1. The molecule has 48 heavy (non-hydrogen) atoms. The van der Waals surface area contributed by atoms with E-state index in [1.54, 1.807) is 17.5 Å². The summed E-state index contributed by atoms with van der Waals surface area (Å²) in [5.74, 6) is -0.390. The van der Waals surface area contributed by atoms with E-state index < -0.39 is 41.6 Å². The summed E-state index contributed by atoms with van der Waals surface area (Å²) in [6.07, 6.45) is -3.08. The molecule has 4 atom stereocenters. The van der Waals surface area contributed by atoms with Crippen molar-refractivity contribution in [3.8, 4) is 11.1 Å². The van der Waals surface area contributed by atoms with E-state index in [0.717, 1.165) is 16.7 Å². The number of ether oxygens (including phenoxy) is 4. The Labute approximate surface area is 279 Å². The lowest BCUT2D eigenvalue weighted by Gasteiger charge is -2.26. The van der Waals surface area contributed by atoms with Gasteiger partial charge in [-0.1, -0.05) is 103 Å². The average molecular weight is 665 g/mol. The smallest absolute Gasteiger partial charge is 0.331 e. The zero-order valence-corrected chi connectivity index (χ0v) is 26.7. The third-order valence-electron chi connectivity index (χ3n) is 8.31. The summed E-state index contributed by atoms with van der Waals surface area (Å²) in [4.78, 5) is 29.4. The van der Waals surface area contributed by atoms with Crippen LogP contribution < -0.4 is 11.2 Å². The Kier molecular flexibility index (Phi) is 9.69. The number of fused-ring (bicyclic) bond motifs is 1. The van der Waals surface area contributed by atoms with Crippen molar-refractivity contribution in [3.05, 3.63) is 164 Å². The molecule has 2 aromatic heterocycles. The van der Waals surface area contributed by atoms with Crippen LogP contribution in [0.1, 0.15) is 22.9 Å². The van der Waals surface area contributed by atoms with Gasteiger partial charge < -0.3 is 18.9 Å². The lowest BCUT2D eigenvalue weighted by Crippen LogP contribution is -2.41. The van der Waals surface area contributed by atoms with Crippen molar-refractivity contribution in [2.45, 2.75) is 44.4 Å². The summed E-state index contributed by atoms with van der Waals surface area (Å²) in [7, 11) is 0. The zero-order valence-electron chi connectivity index (χ0n) is 25.9. The van der Waals surface area contributed by atoms with Crippen LogP contribution in [-0.4, -0.2) is 34.5 Å². The van der Waals surface area contributed by atoms with Crippen molar-refractivity contribution in [2.75, 3.05) is 6.61 Å². The van der Waals surface area contributed by atoms with E-state index in [1.807, 2.05) is 91.0 Å². The number of aromatic amines is 1. The second-order valence-corrected chi connectivity index (χ2v) is 12.4. The van der Waals surface area contributed by atoms with Gasteiger partial charge in [-0.2, -0.15) is 0 Å². The molecule has 1 N–H and O–H groups in total. The van der Waals surface area contributed by atoms with Crippen LogP contribution in [-0.2, 0) is 38.8 Å². The topological polar surface area (TPSA) is 91.8 Å². The normalized spacial score (nSPS) is 19.2. The lowest BCUT2D eigenvalue weighted by molar-refractivity contribution is -0.0916. The van der Waals surface area contributed by atoms with Gasteiger partial charge in [-0.15, -0.1) is 11.3 Å². The monoisotopic (exact) mass is 664 g/mol. The molecule has 0 aliphatic carbocycles. The number of hydrogen-bond acceptors (Lipinski definition) is 7. The van der Waals surface area contributed by atoms with Gasteiger partial charge in [-0.05, 0) is 34.4 Å². The predicted octanol–water partition coefficient (Wildman–Crippen LogP) is 6.84. The molecular formula is C38H33FN2O6S. The van der Waals surface area contributed by atoms with Gasteiger partial charge in [0.15, 0.2) is 6.23 Å². The van der Waals surface area contributed by atoms with Crippen LogP contribution in [0.15, 0.2) is 130 Å². The second-order valence-electron chi connectivity index (χ2n) is 11.6. The Hall–Kier alpha value is -4.71. The van der Waals surface area contributed by atoms with Crippen molar-refractivity contribution in [3.63, 3.8) is 0 Å². The summed E-state index contributed by atoms with van der Waals surface area (Å²) in [6.45, 7) is 1.02. The molecule has 3 heterocycles. The maximum Gasteiger partial charge on any atom is 0.331 e.